The van der Waals surface area contributed by atoms with Crippen LogP contribution in [0.5, 0.6) is 5.75 Å². The van der Waals surface area contributed by atoms with E-state index in [-0.39, 0.29) is 5.91 Å². The van der Waals surface area contributed by atoms with Gasteiger partial charge in [-0.3, -0.25) is 4.79 Å². The minimum Gasteiger partial charge on any atom is -0.497 e. The smallest absolute Gasteiger partial charge is 0.271 e. The molecule has 25 heavy (non-hydrogen) atoms. The van der Waals surface area contributed by atoms with Crippen molar-refractivity contribution in [1.82, 2.24) is 5.43 Å². The lowest BCUT2D eigenvalue weighted by molar-refractivity contribution is 0.0955. The first-order chi connectivity index (χ1) is 12.1. The second-order valence-electron chi connectivity index (χ2n) is 5.57. The fraction of sp³-hybridized carbons (Fsp3) is 0.100. The molecule has 0 aliphatic carbocycles. The summed E-state index contributed by atoms with van der Waals surface area (Å²) in [5.41, 5.74) is 4.85. The molecule has 0 atom stereocenters. The molecule has 5 heteroatoms. The Morgan fingerprint density at radius 3 is 2.32 bits per heavy atom. The van der Waals surface area contributed by atoms with Crippen LogP contribution in [0, 0.1) is 0 Å². The lowest BCUT2D eigenvalue weighted by atomic mass is 10.0. The standard InChI is InChI=1S/C20H17BrN2O2/c1-13(22-23-20(24)14-5-8-18(21)9-6-14)15-3-4-17-12-19(25-2)10-7-16(17)11-15/h3-12H,1-2H3,(H,23,24)/b22-13+. The number of carbonyl (C=O) groups is 1. The number of methoxy groups -OCH3 is 1. The first kappa shape index (κ1) is 17.2. The van der Waals surface area contributed by atoms with E-state index in [0.717, 1.165) is 32.3 Å². The monoisotopic (exact) mass is 396 g/mol. The molecule has 3 aromatic carbocycles. The SMILES string of the molecule is COc1ccc2cc(/C(C)=N/NC(=O)c3ccc(Br)cc3)ccc2c1. The molecule has 3 rings (SSSR count). The number of fused-ring (bicyclic) bond motifs is 1. The first-order valence-corrected chi connectivity index (χ1v) is 8.54. The number of hydrogen-bond acceptors (Lipinski definition) is 3. The highest BCUT2D eigenvalue weighted by molar-refractivity contribution is 9.10. The van der Waals surface area contributed by atoms with Gasteiger partial charge in [0.2, 0.25) is 0 Å². The summed E-state index contributed by atoms with van der Waals surface area (Å²) in [5, 5.41) is 6.40. The van der Waals surface area contributed by atoms with Crippen LogP contribution < -0.4 is 10.2 Å². The zero-order valence-corrected chi connectivity index (χ0v) is 15.5. The molecule has 0 aromatic heterocycles. The molecule has 0 heterocycles. The van der Waals surface area contributed by atoms with Crippen LogP contribution in [-0.2, 0) is 0 Å². The summed E-state index contributed by atoms with van der Waals surface area (Å²) in [7, 11) is 1.65. The molecule has 1 N–H and O–H groups in total. The third-order valence-corrected chi connectivity index (χ3v) is 4.43. The van der Waals surface area contributed by atoms with Crippen LogP contribution >= 0.6 is 15.9 Å². The average Bonchev–Trinajstić information content (AvgIpc) is 2.65. The molecule has 0 spiro atoms. The summed E-state index contributed by atoms with van der Waals surface area (Å²) >= 11 is 3.35. The highest BCUT2D eigenvalue weighted by Gasteiger charge is 2.05. The van der Waals surface area contributed by atoms with E-state index in [2.05, 4.69) is 26.5 Å². The summed E-state index contributed by atoms with van der Waals surface area (Å²) in [6, 6.07) is 19.1. The van der Waals surface area contributed by atoms with E-state index in [1.807, 2.05) is 55.5 Å². The Hall–Kier alpha value is -2.66. The van der Waals surface area contributed by atoms with Gasteiger partial charge >= 0.3 is 0 Å². The zero-order valence-electron chi connectivity index (χ0n) is 13.9. The van der Waals surface area contributed by atoms with Crippen molar-refractivity contribution < 1.29 is 9.53 Å². The fourth-order valence-electron chi connectivity index (χ4n) is 2.44. The molecule has 0 radical (unpaired) electrons. The van der Waals surface area contributed by atoms with Crippen LogP contribution in [0.3, 0.4) is 0 Å². The molecule has 1 amide bonds. The van der Waals surface area contributed by atoms with Crippen molar-refractivity contribution >= 4 is 38.3 Å². The molecule has 0 unspecified atom stereocenters. The number of hydrazone groups is 1. The Labute approximate surface area is 154 Å². The number of hydrogen-bond donors (Lipinski definition) is 1. The van der Waals surface area contributed by atoms with Gasteiger partial charge in [-0.2, -0.15) is 5.10 Å². The van der Waals surface area contributed by atoms with Crippen LogP contribution in [-0.4, -0.2) is 18.7 Å². The van der Waals surface area contributed by atoms with E-state index < -0.39 is 0 Å². The van der Waals surface area contributed by atoms with Crippen LogP contribution in [0.2, 0.25) is 0 Å². The molecule has 0 aliphatic rings. The largest absolute Gasteiger partial charge is 0.497 e. The number of carbonyl (C=O) groups excluding carboxylic acids is 1. The molecule has 0 bridgehead atoms. The Kier molecular flexibility index (Phi) is 5.14. The van der Waals surface area contributed by atoms with Crippen LogP contribution in [0.25, 0.3) is 10.8 Å². The van der Waals surface area contributed by atoms with E-state index in [0.29, 0.717) is 5.56 Å². The number of benzene rings is 3. The Bertz CT molecular complexity index is 950. The quantitative estimate of drug-likeness (QED) is 0.510. The molecule has 0 fully saturated rings. The number of nitrogens with zero attached hydrogens (tertiary/aromatic N) is 1. The Balaban J connectivity index is 1.78. The van der Waals surface area contributed by atoms with E-state index in [4.69, 9.17) is 4.74 Å². The fourth-order valence-corrected chi connectivity index (χ4v) is 2.71. The van der Waals surface area contributed by atoms with Gasteiger partial charge in [0, 0.05) is 10.0 Å². The number of ether oxygens (including phenoxy) is 1. The topological polar surface area (TPSA) is 50.7 Å². The Morgan fingerprint density at radius 1 is 0.960 bits per heavy atom. The normalized spacial score (nSPS) is 11.4. The second kappa shape index (κ2) is 7.49. The minimum absolute atomic E-state index is 0.239. The third kappa shape index (κ3) is 4.06. The predicted octanol–water partition coefficient (Wildman–Crippen LogP) is 4.76. The summed E-state index contributed by atoms with van der Waals surface area (Å²) < 4.78 is 6.17. The first-order valence-electron chi connectivity index (χ1n) is 7.75. The van der Waals surface area contributed by atoms with Gasteiger partial charge in [0.05, 0.1) is 12.8 Å². The maximum atomic E-state index is 12.1. The third-order valence-electron chi connectivity index (χ3n) is 3.90. The van der Waals surface area contributed by atoms with Gasteiger partial charge in [0.1, 0.15) is 5.75 Å². The molecule has 3 aromatic rings. The minimum atomic E-state index is -0.239. The van der Waals surface area contributed by atoms with Crippen molar-refractivity contribution in [3.8, 4) is 5.75 Å². The lowest BCUT2D eigenvalue weighted by Crippen LogP contribution is -2.19. The van der Waals surface area contributed by atoms with Gasteiger partial charge in [-0.15, -0.1) is 0 Å². The average molecular weight is 397 g/mol. The van der Waals surface area contributed by atoms with Crippen molar-refractivity contribution in [2.75, 3.05) is 7.11 Å². The van der Waals surface area contributed by atoms with Crippen molar-refractivity contribution in [2.24, 2.45) is 5.10 Å². The van der Waals surface area contributed by atoms with Crippen LogP contribution in [0.1, 0.15) is 22.8 Å². The second-order valence-corrected chi connectivity index (χ2v) is 6.49. The van der Waals surface area contributed by atoms with Gasteiger partial charge in [-0.1, -0.05) is 34.1 Å². The maximum Gasteiger partial charge on any atom is 0.271 e. The van der Waals surface area contributed by atoms with Crippen LogP contribution in [0.15, 0.2) is 70.2 Å². The molecule has 0 saturated heterocycles. The molecule has 126 valence electrons. The predicted molar refractivity (Wildman–Crippen MR) is 104 cm³/mol. The number of nitrogens with one attached hydrogen (secondary N) is 1. The Morgan fingerprint density at radius 2 is 1.60 bits per heavy atom. The van der Waals surface area contributed by atoms with E-state index in [9.17, 15) is 4.79 Å². The van der Waals surface area contributed by atoms with Gasteiger partial charge < -0.3 is 4.74 Å². The van der Waals surface area contributed by atoms with Gasteiger partial charge in [0.15, 0.2) is 0 Å². The zero-order chi connectivity index (χ0) is 17.8. The van der Waals surface area contributed by atoms with E-state index in [1.165, 1.54) is 0 Å². The number of amides is 1. The van der Waals surface area contributed by atoms with Crippen molar-refractivity contribution in [3.05, 3.63) is 76.3 Å². The summed E-state index contributed by atoms with van der Waals surface area (Å²) in [6.45, 7) is 1.87. The van der Waals surface area contributed by atoms with Crippen molar-refractivity contribution in [2.45, 2.75) is 6.92 Å². The molecular formula is C20H17BrN2O2. The summed E-state index contributed by atoms with van der Waals surface area (Å²) in [6.07, 6.45) is 0. The van der Waals surface area contributed by atoms with E-state index >= 15 is 0 Å². The number of rotatable bonds is 4. The number of halogens is 1. The van der Waals surface area contributed by atoms with Gasteiger partial charge in [-0.25, -0.2) is 5.43 Å². The molecular weight excluding hydrogens is 380 g/mol. The van der Waals surface area contributed by atoms with Crippen molar-refractivity contribution in [3.63, 3.8) is 0 Å². The molecule has 0 aliphatic heterocycles. The lowest BCUT2D eigenvalue weighted by Gasteiger charge is -2.06. The summed E-state index contributed by atoms with van der Waals surface area (Å²) in [5.74, 6) is 0.588. The van der Waals surface area contributed by atoms with Gasteiger partial charge in [-0.05, 0) is 65.7 Å². The highest BCUT2D eigenvalue weighted by atomic mass is 79.9. The van der Waals surface area contributed by atoms with Crippen LogP contribution in [0.4, 0.5) is 0 Å². The van der Waals surface area contributed by atoms with E-state index in [1.54, 1.807) is 19.2 Å². The summed E-state index contributed by atoms with van der Waals surface area (Å²) in [4.78, 5) is 12.1. The molecule has 0 saturated carbocycles. The molecule has 4 nitrogen and oxygen atoms in total. The maximum absolute atomic E-state index is 12.1. The van der Waals surface area contributed by atoms with Crippen molar-refractivity contribution in [1.29, 1.82) is 0 Å². The van der Waals surface area contributed by atoms with Gasteiger partial charge in [0.25, 0.3) is 5.91 Å². The highest BCUT2D eigenvalue weighted by Crippen LogP contribution is 2.22.